The van der Waals surface area contributed by atoms with Gasteiger partial charge in [0.1, 0.15) is 6.54 Å². The van der Waals surface area contributed by atoms with Gasteiger partial charge in [0, 0.05) is 12.7 Å². The fraction of sp³-hybridized carbons (Fsp3) is 0.556. The largest absolute Gasteiger partial charge is 0.480 e. The van der Waals surface area contributed by atoms with Crippen molar-refractivity contribution in [3.8, 4) is 0 Å². The minimum absolute atomic E-state index is 0.279. The summed E-state index contributed by atoms with van der Waals surface area (Å²) in [4.78, 5) is 10.3. The Hall–Kier alpha value is -1.73. The summed E-state index contributed by atoms with van der Waals surface area (Å²) in [5, 5.41) is 14.9. The number of carboxylic acid groups (broad SMARTS) is 1. The maximum atomic E-state index is 12.0. The third-order valence-electron chi connectivity index (χ3n) is 2.00. The SMILES string of the molecule is Cc1nn(CCC(F)(F)F)cc1NCC(=O)O. The first-order chi connectivity index (χ1) is 7.78. The molecule has 5 nitrogen and oxygen atoms in total. The molecule has 1 rings (SSSR count). The van der Waals surface area contributed by atoms with E-state index in [-0.39, 0.29) is 13.1 Å². The van der Waals surface area contributed by atoms with Crippen molar-refractivity contribution in [2.75, 3.05) is 11.9 Å². The molecule has 0 aliphatic heterocycles. The Morgan fingerprint density at radius 3 is 2.76 bits per heavy atom. The van der Waals surface area contributed by atoms with Gasteiger partial charge in [0.25, 0.3) is 0 Å². The number of alkyl halides is 3. The number of carbonyl (C=O) groups is 1. The molecule has 0 bridgehead atoms. The van der Waals surface area contributed by atoms with E-state index >= 15 is 0 Å². The molecule has 96 valence electrons. The average molecular weight is 251 g/mol. The van der Waals surface area contributed by atoms with Crippen LogP contribution in [-0.2, 0) is 11.3 Å². The van der Waals surface area contributed by atoms with Gasteiger partial charge < -0.3 is 10.4 Å². The molecule has 0 saturated carbocycles. The quantitative estimate of drug-likeness (QED) is 0.834. The van der Waals surface area contributed by atoms with Crippen LogP contribution in [-0.4, -0.2) is 33.6 Å². The number of halogens is 3. The molecule has 8 heteroatoms. The number of nitrogens with zero attached hydrogens (tertiary/aromatic N) is 2. The summed E-state index contributed by atoms with van der Waals surface area (Å²) in [5.41, 5.74) is 0.892. The molecule has 0 aliphatic rings. The van der Waals surface area contributed by atoms with Crippen molar-refractivity contribution in [2.24, 2.45) is 0 Å². The van der Waals surface area contributed by atoms with Gasteiger partial charge in [-0.1, -0.05) is 0 Å². The molecule has 0 atom stereocenters. The first-order valence-corrected chi connectivity index (χ1v) is 4.84. The van der Waals surface area contributed by atoms with Crippen molar-refractivity contribution in [2.45, 2.75) is 26.1 Å². The molecule has 0 fully saturated rings. The van der Waals surface area contributed by atoms with E-state index in [1.54, 1.807) is 6.92 Å². The van der Waals surface area contributed by atoms with Crippen molar-refractivity contribution in [1.29, 1.82) is 0 Å². The predicted octanol–water partition coefficient (Wildman–Crippen LogP) is 1.64. The summed E-state index contributed by atoms with van der Waals surface area (Å²) in [6.07, 6.45) is -3.83. The highest BCUT2D eigenvalue weighted by Crippen LogP contribution is 2.21. The van der Waals surface area contributed by atoms with Crippen molar-refractivity contribution in [3.63, 3.8) is 0 Å². The minimum atomic E-state index is -4.23. The second kappa shape index (κ2) is 5.07. The van der Waals surface area contributed by atoms with Gasteiger partial charge in [-0.15, -0.1) is 0 Å². The summed E-state index contributed by atoms with van der Waals surface area (Å²) in [5.74, 6) is -1.05. The Balaban J connectivity index is 2.58. The molecule has 0 amide bonds. The lowest BCUT2D eigenvalue weighted by Gasteiger charge is -2.05. The Morgan fingerprint density at radius 1 is 1.59 bits per heavy atom. The second-order valence-electron chi connectivity index (χ2n) is 3.50. The lowest BCUT2D eigenvalue weighted by atomic mass is 10.4. The lowest BCUT2D eigenvalue weighted by Crippen LogP contribution is -2.13. The number of aryl methyl sites for hydroxylation is 2. The van der Waals surface area contributed by atoms with Crippen LogP contribution >= 0.6 is 0 Å². The average Bonchev–Trinajstić information content (AvgIpc) is 2.52. The number of rotatable bonds is 5. The summed E-state index contributed by atoms with van der Waals surface area (Å²) >= 11 is 0. The van der Waals surface area contributed by atoms with Crippen molar-refractivity contribution in [3.05, 3.63) is 11.9 Å². The third-order valence-corrected chi connectivity index (χ3v) is 2.00. The van der Waals surface area contributed by atoms with Gasteiger partial charge in [0.05, 0.1) is 17.8 Å². The number of aromatic nitrogens is 2. The maximum Gasteiger partial charge on any atom is 0.390 e. The van der Waals surface area contributed by atoms with Crippen LogP contribution in [0.1, 0.15) is 12.1 Å². The lowest BCUT2D eigenvalue weighted by molar-refractivity contribution is -0.137. The van der Waals surface area contributed by atoms with Crippen LogP contribution in [0.4, 0.5) is 18.9 Å². The van der Waals surface area contributed by atoms with Crippen LogP contribution in [0.5, 0.6) is 0 Å². The van der Waals surface area contributed by atoms with Crippen LogP contribution in [0, 0.1) is 6.92 Å². The summed E-state index contributed by atoms with van der Waals surface area (Å²) in [6, 6.07) is 0. The number of anilines is 1. The molecule has 2 N–H and O–H groups in total. The van der Waals surface area contributed by atoms with E-state index in [2.05, 4.69) is 10.4 Å². The molecule has 0 unspecified atom stereocenters. The summed E-state index contributed by atoms with van der Waals surface area (Å²) in [6.45, 7) is 1.01. The molecule has 0 aromatic carbocycles. The van der Waals surface area contributed by atoms with Crippen molar-refractivity contribution < 1.29 is 23.1 Å². The van der Waals surface area contributed by atoms with E-state index in [1.807, 2.05) is 0 Å². The standard InChI is InChI=1S/C9H12F3N3O2/c1-6-7(13-4-8(16)17)5-15(14-6)3-2-9(10,11)12/h5,13H,2-4H2,1H3,(H,16,17). The predicted molar refractivity (Wildman–Crippen MR) is 53.8 cm³/mol. The highest BCUT2D eigenvalue weighted by Gasteiger charge is 2.26. The van der Waals surface area contributed by atoms with Crippen LogP contribution in [0.25, 0.3) is 0 Å². The van der Waals surface area contributed by atoms with Crippen LogP contribution in [0.2, 0.25) is 0 Å². The second-order valence-corrected chi connectivity index (χ2v) is 3.50. The highest BCUT2D eigenvalue weighted by molar-refractivity contribution is 5.72. The van der Waals surface area contributed by atoms with Gasteiger partial charge in [0.2, 0.25) is 0 Å². The van der Waals surface area contributed by atoms with E-state index in [4.69, 9.17) is 5.11 Å². The smallest absolute Gasteiger partial charge is 0.390 e. The van der Waals surface area contributed by atoms with Crippen molar-refractivity contribution in [1.82, 2.24) is 9.78 Å². The molecule has 1 aromatic heterocycles. The molecule has 0 spiro atoms. The number of nitrogens with one attached hydrogen (secondary N) is 1. The Morgan fingerprint density at radius 2 is 2.24 bits per heavy atom. The van der Waals surface area contributed by atoms with Gasteiger partial charge in [-0.25, -0.2) is 0 Å². The normalized spacial score (nSPS) is 11.5. The first kappa shape index (κ1) is 13.3. The molecule has 1 heterocycles. The van der Waals surface area contributed by atoms with E-state index < -0.39 is 18.6 Å². The minimum Gasteiger partial charge on any atom is -0.480 e. The highest BCUT2D eigenvalue weighted by atomic mass is 19.4. The van der Waals surface area contributed by atoms with Crippen LogP contribution < -0.4 is 5.32 Å². The third kappa shape index (κ3) is 4.75. The van der Waals surface area contributed by atoms with E-state index in [0.29, 0.717) is 11.4 Å². The zero-order chi connectivity index (χ0) is 13.1. The summed E-state index contributed by atoms with van der Waals surface area (Å²) < 4.78 is 37.1. The number of hydrogen-bond donors (Lipinski definition) is 2. The molecule has 0 saturated heterocycles. The van der Waals surface area contributed by atoms with Crippen LogP contribution in [0.15, 0.2) is 6.20 Å². The number of aliphatic carboxylic acids is 1. The maximum absolute atomic E-state index is 12.0. The Bertz CT molecular complexity index is 401. The van der Waals surface area contributed by atoms with Gasteiger partial charge >= 0.3 is 12.1 Å². The molecule has 17 heavy (non-hydrogen) atoms. The molecular weight excluding hydrogens is 239 g/mol. The number of hydrogen-bond acceptors (Lipinski definition) is 3. The van der Waals surface area contributed by atoms with E-state index in [9.17, 15) is 18.0 Å². The monoisotopic (exact) mass is 251 g/mol. The van der Waals surface area contributed by atoms with Crippen molar-refractivity contribution >= 4 is 11.7 Å². The Kier molecular flexibility index (Phi) is 3.97. The fourth-order valence-electron chi connectivity index (χ4n) is 1.22. The van der Waals surface area contributed by atoms with E-state index in [0.717, 1.165) is 4.68 Å². The van der Waals surface area contributed by atoms with Gasteiger partial charge in [-0.2, -0.15) is 18.3 Å². The molecular formula is C9H12F3N3O2. The molecule has 1 aromatic rings. The van der Waals surface area contributed by atoms with Gasteiger partial charge in [-0.3, -0.25) is 9.48 Å². The zero-order valence-electron chi connectivity index (χ0n) is 9.08. The number of carboxylic acids is 1. The van der Waals surface area contributed by atoms with Gasteiger partial charge in [-0.05, 0) is 6.92 Å². The first-order valence-electron chi connectivity index (χ1n) is 4.84. The van der Waals surface area contributed by atoms with Crippen LogP contribution in [0.3, 0.4) is 0 Å². The molecule has 0 radical (unpaired) electrons. The topological polar surface area (TPSA) is 67.2 Å². The van der Waals surface area contributed by atoms with Gasteiger partial charge in [0.15, 0.2) is 0 Å². The summed E-state index contributed by atoms with van der Waals surface area (Å²) in [7, 11) is 0. The van der Waals surface area contributed by atoms with E-state index in [1.165, 1.54) is 6.20 Å². The Labute approximate surface area is 95.2 Å². The zero-order valence-corrected chi connectivity index (χ0v) is 9.08. The molecule has 0 aliphatic carbocycles. The fourth-order valence-corrected chi connectivity index (χ4v) is 1.22.